The van der Waals surface area contributed by atoms with E-state index in [1.807, 2.05) is 25.3 Å². The van der Waals surface area contributed by atoms with Crippen LogP contribution in [0.4, 0.5) is 4.39 Å². The van der Waals surface area contributed by atoms with Gasteiger partial charge in [0.15, 0.2) is 0 Å². The van der Waals surface area contributed by atoms with Crippen molar-refractivity contribution in [1.82, 2.24) is 20.3 Å². The zero-order valence-electron chi connectivity index (χ0n) is 17.7. The summed E-state index contributed by atoms with van der Waals surface area (Å²) in [6.45, 7) is 2.60. The molecule has 0 unspecified atom stereocenters. The molecule has 0 radical (unpaired) electrons. The number of halogens is 1. The van der Waals surface area contributed by atoms with Crippen molar-refractivity contribution in [3.63, 3.8) is 0 Å². The summed E-state index contributed by atoms with van der Waals surface area (Å²) in [7, 11) is 0. The van der Waals surface area contributed by atoms with Gasteiger partial charge in [-0.05, 0) is 73.9 Å². The molecule has 1 saturated carbocycles. The highest BCUT2D eigenvalue weighted by atomic mass is 19.1. The zero-order chi connectivity index (χ0) is 21.6. The Morgan fingerprint density at radius 1 is 1.13 bits per heavy atom. The number of aryl methyl sites for hydroxylation is 1. The molecule has 1 aromatic carbocycles. The minimum absolute atomic E-state index is 0.0564. The van der Waals surface area contributed by atoms with Gasteiger partial charge in [-0.2, -0.15) is 0 Å². The van der Waals surface area contributed by atoms with Crippen LogP contribution in [0.3, 0.4) is 0 Å². The van der Waals surface area contributed by atoms with E-state index in [0.29, 0.717) is 23.9 Å². The van der Waals surface area contributed by atoms with Crippen LogP contribution in [0.2, 0.25) is 0 Å². The van der Waals surface area contributed by atoms with Crippen LogP contribution in [0.25, 0.3) is 11.1 Å². The fourth-order valence-corrected chi connectivity index (χ4v) is 4.35. The van der Waals surface area contributed by atoms with Crippen LogP contribution in [-0.2, 0) is 11.2 Å². The van der Waals surface area contributed by atoms with Gasteiger partial charge in [-0.15, -0.1) is 0 Å². The van der Waals surface area contributed by atoms with E-state index < -0.39 is 0 Å². The topological polar surface area (TPSA) is 67.8 Å². The second-order valence-electron chi connectivity index (χ2n) is 8.28. The second-order valence-corrected chi connectivity index (χ2v) is 8.28. The number of rotatable bonds is 6. The predicted octanol–water partition coefficient (Wildman–Crippen LogP) is 4.62. The number of amides is 1. The summed E-state index contributed by atoms with van der Waals surface area (Å²) < 4.78 is 13.3. The van der Waals surface area contributed by atoms with Crippen LogP contribution in [0.15, 0.2) is 55.0 Å². The van der Waals surface area contributed by atoms with Gasteiger partial charge in [-0.1, -0.05) is 12.1 Å². The third-order valence-electron chi connectivity index (χ3n) is 6.01. The first-order valence-corrected chi connectivity index (χ1v) is 10.8. The lowest BCUT2D eigenvalue weighted by atomic mass is 9.79. The molecule has 2 heterocycles. The standard InChI is InChI=1S/C25H27FN4O/c1-17-28-16-23(20-9-11-27-12-10-20)25(30-17)21-7-5-18(6-8-21)15-29-24(31)14-19-3-2-4-22(26)13-19/h2-4,9-13,16,18,21H,5-8,14-15H2,1H3,(H,29,31). The smallest absolute Gasteiger partial charge is 0.224 e. The first-order chi connectivity index (χ1) is 15.1. The minimum atomic E-state index is -0.310. The summed E-state index contributed by atoms with van der Waals surface area (Å²) in [5.74, 6) is 1.28. The molecule has 1 aliphatic carbocycles. The van der Waals surface area contributed by atoms with E-state index in [9.17, 15) is 9.18 Å². The number of hydrogen-bond acceptors (Lipinski definition) is 4. The zero-order valence-corrected chi connectivity index (χ0v) is 17.7. The van der Waals surface area contributed by atoms with Crippen LogP contribution in [0, 0.1) is 18.7 Å². The van der Waals surface area contributed by atoms with Crippen LogP contribution in [0.5, 0.6) is 0 Å². The maximum absolute atomic E-state index is 13.3. The molecule has 0 atom stereocenters. The molecule has 0 aliphatic heterocycles. The van der Waals surface area contributed by atoms with Crippen molar-refractivity contribution in [2.24, 2.45) is 5.92 Å². The van der Waals surface area contributed by atoms with E-state index in [-0.39, 0.29) is 18.1 Å². The van der Waals surface area contributed by atoms with Crippen molar-refractivity contribution < 1.29 is 9.18 Å². The lowest BCUT2D eigenvalue weighted by Gasteiger charge is -2.29. The molecule has 3 aromatic rings. The molecule has 1 fully saturated rings. The van der Waals surface area contributed by atoms with Gasteiger partial charge in [0.25, 0.3) is 0 Å². The average molecular weight is 419 g/mol. The number of benzene rings is 1. The Kier molecular flexibility index (Phi) is 6.65. The van der Waals surface area contributed by atoms with Gasteiger partial charge in [0, 0.05) is 36.6 Å². The van der Waals surface area contributed by atoms with E-state index in [1.165, 1.54) is 12.1 Å². The third kappa shape index (κ3) is 5.51. The average Bonchev–Trinajstić information content (AvgIpc) is 2.79. The van der Waals surface area contributed by atoms with E-state index in [1.54, 1.807) is 24.5 Å². The van der Waals surface area contributed by atoms with Crippen LogP contribution in [-0.4, -0.2) is 27.4 Å². The molecule has 1 amide bonds. The molecule has 160 valence electrons. The lowest BCUT2D eigenvalue weighted by molar-refractivity contribution is -0.120. The number of nitrogens with zero attached hydrogens (tertiary/aromatic N) is 3. The molecule has 4 rings (SSSR count). The maximum atomic E-state index is 13.3. The van der Waals surface area contributed by atoms with Gasteiger partial charge in [-0.3, -0.25) is 9.78 Å². The summed E-state index contributed by atoms with van der Waals surface area (Å²) in [6.07, 6.45) is 9.89. The number of pyridine rings is 1. The van der Waals surface area contributed by atoms with Gasteiger partial charge in [-0.25, -0.2) is 14.4 Å². The Morgan fingerprint density at radius 2 is 1.90 bits per heavy atom. The van der Waals surface area contributed by atoms with E-state index >= 15 is 0 Å². The maximum Gasteiger partial charge on any atom is 0.224 e. The SMILES string of the molecule is Cc1ncc(-c2ccncc2)c(C2CCC(CNC(=O)Cc3cccc(F)c3)CC2)n1. The lowest BCUT2D eigenvalue weighted by Crippen LogP contribution is -2.32. The molecule has 1 N–H and O–H groups in total. The van der Waals surface area contributed by atoms with Gasteiger partial charge in [0.1, 0.15) is 11.6 Å². The predicted molar refractivity (Wildman–Crippen MR) is 118 cm³/mol. The molecule has 1 aliphatic rings. The normalized spacial score (nSPS) is 18.5. The van der Waals surface area contributed by atoms with Crippen LogP contribution in [0.1, 0.15) is 48.7 Å². The molecule has 2 aromatic heterocycles. The van der Waals surface area contributed by atoms with Crippen molar-refractivity contribution in [2.45, 2.75) is 44.9 Å². The number of nitrogens with one attached hydrogen (secondary N) is 1. The Labute approximate surface area is 182 Å². The van der Waals surface area contributed by atoms with Gasteiger partial charge >= 0.3 is 0 Å². The van der Waals surface area contributed by atoms with Crippen LogP contribution < -0.4 is 5.32 Å². The molecule has 0 saturated heterocycles. The molecule has 31 heavy (non-hydrogen) atoms. The largest absolute Gasteiger partial charge is 0.356 e. The molecule has 0 bridgehead atoms. The summed E-state index contributed by atoms with van der Waals surface area (Å²) in [5, 5.41) is 3.03. The Balaban J connectivity index is 1.33. The van der Waals surface area contributed by atoms with Crippen molar-refractivity contribution in [2.75, 3.05) is 6.54 Å². The van der Waals surface area contributed by atoms with E-state index in [4.69, 9.17) is 4.98 Å². The highest BCUT2D eigenvalue weighted by Crippen LogP contribution is 2.38. The highest BCUT2D eigenvalue weighted by molar-refractivity contribution is 5.78. The number of aromatic nitrogens is 3. The van der Waals surface area contributed by atoms with Crippen molar-refractivity contribution in [1.29, 1.82) is 0 Å². The molecule has 0 spiro atoms. The van der Waals surface area contributed by atoms with E-state index in [2.05, 4.69) is 15.3 Å². The Hall–Kier alpha value is -3.15. The second kappa shape index (κ2) is 9.77. The van der Waals surface area contributed by atoms with Gasteiger partial charge in [0.2, 0.25) is 5.91 Å². The summed E-state index contributed by atoms with van der Waals surface area (Å²) in [6, 6.07) is 10.2. The number of carbonyl (C=O) groups excluding carboxylic acids is 1. The van der Waals surface area contributed by atoms with Crippen LogP contribution >= 0.6 is 0 Å². The van der Waals surface area contributed by atoms with Crippen molar-refractivity contribution >= 4 is 5.91 Å². The number of carbonyl (C=O) groups is 1. The molecular formula is C25H27FN4O. The summed E-state index contributed by atoms with van der Waals surface area (Å²) >= 11 is 0. The molecule has 5 nitrogen and oxygen atoms in total. The monoisotopic (exact) mass is 418 g/mol. The van der Waals surface area contributed by atoms with Crippen molar-refractivity contribution in [3.05, 3.63) is 77.9 Å². The Bertz CT molecular complexity index is 1030. The van der Waals surface area contributed by atoms with Gasteiger partial charge < -0.3 is 5.32 Å². The minimum Gasteiger partial charge on any atom is -0.356 e. The number of hydrogen-bond donors (Lipinski definition) is 1. The molecule has 6 heteroatoms. The highest BCUT2D eigenvalue weighted by Gasteiger charge is 2.26. The van der Waals surface area contributed by atoms with Crippen molar-refractivity contribution in [3.8, 4) is 11.1 Å². The fraction of sp³-hybridized carbons (Fsp3) is 0.360. The quantitative estimate of drug-likeness (QED) is 0.634. The summed E-state index contributed by atoms with van der Waals surface area (Å²) in [5.41, 5.74) is 3.99. The van der Waals surface area contributed by atoms with Gasteiger partial charge in [0.05, 0.1) is 12.1 Å². The Morgan fingerprint density at radius 3 is 2.65 bits per heavy atom. The first-order valence-electron chi connectivity index (χ1n) is 10.8. The third-order valence-corrected chi connectivity index (χ3v) is 6.01. The summed E-state index contributed by atoms with van der Waals surface area (Å²) in [4.78, 5) is 25.6. The van der Waals surface area contributed by atoms with E-state index in [0.717, 1.165) is 48.3 Å². The molecular weight excluding hydrogens is 391 g/mol. The fourth-order valence-electron chi connectivity index (χ4n) is 4.35. The first kappa shape index (κ1) is 21.1.